The monoisotopic (exact) mass is 450 g/mol. The van der Waals surface area contributed by atoms with Gasteiger partial charge in [0.25, 0.3) is 5.91 Å². The minimum atomic E-state index is -0.993. The van der Waals surface area contributed by atoms with Crippen molar-refractivity contribution in [1.82, 2.24) is 10.2 Å². The van der Waals surface area contributed by atoms with Crippen molar-refractivity contribution in [3.05, 3.63) is 71.8 Å². The maximum absolute atomic E-state index is 12.6. The quantitative estimate of drug-likeness (QED) is 0.681. The van der Waals surface area contributed by atoms with Gasteiger partial charge in [-0.3, -0.25) is 9.69 Å². The summed E-state index contributed by atoms with van der Waals surface area (Å²) in [5.74, 6) is 0.552. The highest BCUT2D eigenvalue weighted by Gasteiger charge is 2.30. The third-order valence-corrected chi connectivity index (χ3v) is 6.16. The van der Waals surface area contributed by atoms with E-state index in [2.05, 4.69) is 22.4 Å². The largest absolute Gasteiger partial charge is 0.483 e. The van der Waals surface area contributed by atoms with Gasteiger partial charge in [-0.05, 0) is 42.9 Å². The molecule has 33 heavy (non-hydrogen) atoms. The molecule has 0 unspecified atom stereocenters. The molecule has 0 spiro atoms. The summed E-state index contributed by atoms with van der Waals surface area (Å²) in [6, 6.07) is 15.5. The van der Waals surface area contributed by atoms with Crippen LogP contribution >= 0.6 is 0 Å². The molecule has 0 bridgehead atoms. The lowest BCUT2D eigenvalue weighted by Crippen LogP contribution is -2.51. The fourth-order valence-corrected chi connectivity index (χ4v) is 4.52. The van der Waals surface area contributed by atoms with Crippen molar-refractivity contribution in [2.75, 3.05) is 26.3 Å². The predicted octanol–water partition coefficient (Wildman–Crippen LogP) is 3.04. The van der Waals surface area contributed by atoms with Crippen LogP contribution in [0.5, 0.6) is 11.5 Å². The van der Waals surface area contributed by atoms with E-state index in [1.807, 2.05) is 48.5 Å². The zero-order valence-electron chi connectivity index (χ0n) is 18.6. The van der Waals surface area contributed by atoms with E-state index in [9.17, 15) is 9.59 Å². The van der Waals surface area contributed by atoms with Gasteiger partial charge in [0.15, 0.2) is 13.2 Å². The zero-order chi connectivity index (χ0) is 23.0. The number of likely N-dealkylation sites (tertiary alicyclic amines) is 1. The van der Waals surface area contributed by atoms with E-state index >= 15 is 0 Å². The molecule has 0 radical (unpaired) electrons. The van der Waals surface area contributed by atoms with Gasteiger partial charge in [0.1, 0.15) is 11.5 Å². The van der Waals surface area contributed by atoms with Crippen LogP contribution in [0.15, 0.2) is 60.7 Å². The first-order valence-electron chi connectivity index (χ1n) is 11.4. The van der Waals surface area contributed by atoms with E-state index < -0.39 is 5.97 Å². The fraction of sp³-hybridized carbons (Fsp3) is 0.385. The Kier molecular flexibility index (Phi) is 7.62. The number of rotatable bonds is 5. The summed E-state index contributed by atoms with van der Waals surface area (Å²) in [5.41, 5.74) is 2.04. The second-order valence-electron chi connectivity index (χ2n) is 8.56. The average molecular weight is 451 g/mol. The number of nitrogens with zero attached hydrogens (tertiary/aromatic N) is 1. The van der Waals surface area contributed by atoms with Gasteiger partial charge in [-0.2, -0.15) is 0 Å². The summed E-state index contributed by atoms with van der Waals surface area (Å²) >= 11 is 0. The third kappa shape index (κ3) is 6.35. The molecular weight excluding hydrogens is 420 g/mol. The van der Waals surface area contributed by atoms with Gasteiger partial charge in [-0.1, -0.05) is 48.6 Å². The number of carboxylic acids is 1. The van der Waals surface area contributed by atoms with Gasteiger partial charge in [0.05, 0.1) is 0 Å². The molecule has 2 aromatic carbocycles. The molecule has 0 aromatic heterocycles. The van der Waals surface area contributed by atoms with E-state index in [0.717, 1.165) is 49.2 Å². The molecule has 2 aromatic rings. The van der Waals surface area contributed by atoms with Crippen LogP contribution in [0.1, 0.15) is 24.0 Å². The van der Waals surface area contributed by atoms with Gasteiger partial charge in [0.2, 0.25) is 0 Å². The summed E-state index contributed by atoms with van der Waals surface area (Å²) in [4.78, 5) is 25.8. The van der Waals surface area contributed by atoms with Crippen LogP contribution in [0, 0.1) is 5.92 Å². The molecule has 2 aliphatic rings. The lowest BCUT2D eigenvalue weighted by Gasteiger charge is -2.39. The molecule has 4 rings (SSSR count). The Morgan fingerprint density at radius 2 is 1.97 bits per heavy atom. The third-order valence-electron chi connectivity index (χ3n) is 6.16. The van der Waals surface area contributed by atoms with Gasteiger partial charge in [0, 0.05) is 31.2 Å². The number of piperidine rings is 1. The summed E-state index contributed by atoms with van der Waals surface area (Å²) in [6.07, 6.45) is 6.88. The van der Waals surface area contributed by atoms with Gasteiger partial charge >= 0.3 is 5.97 Å². The van der Waals surface area contributed by atoms with E-state index in [-0.39, 0.29) is 31.1 Å². The maximum atomic E-state index is 12.6. The molecule has 174 valence electrons. The molecule has 0 saturated carbocycles. The summed E-state index contributed by atoms with van der Waals surface area (Å²) in [5, 5.41) is 12.1. The summed E-state index contributed by atoms with van der Waals surface area (Å²) in [6.45, 7) is 2.00. The Labute approximate surface area is 194 Å². The van der Waals surface area contributed by atoms with Crippen LogP contribution in [0.4, 0.5) is 0 Å². The molecule has 2 aliphatic heterocycles. The highest BCUT2D eigenvalue weighted by Crippen LogP contribution is 2.27. The molecule has 1 saturated heterocycles. The van der Waals surface area contributed by atoms with Crippen LogP contribution in [-0.4, -0.2) is 54.2 Å². The number of allylic oxidation sites excluding steroid dienone is 2. The number of carbonyl (C=O) groups excluding carboxylic acids is 1. The number of amides is 1. The first kappa shape index (κ1) is 22.9. The number of para-hydroxylation sites is 2. The van der Waals surface area contributed by atoms with Crippen molar-refractivity contribution in [3.8, 4) is 11.5 Å². The second kappa shape index (κ2) is 11.0. The molecule has 0 aliphatic carbocycles. The Bertz CT molecular complexity index is 1010. The van der Waals surface area contributed by atoms with E-state index in [0.29, 0.717) is 12.3 Å². The van der Waals surface area contributed by atoms with Gasteiger partial charge < -0.3 is 19.9 Å². The normalized spacial score (nSPS) is 22.4. The summed E-state index contributed by atoms with van der Waals surface area (Å²) in [7, 11) is 0. The number of ether oxygens (including phenoxy) is 2. The van der Waals surface area contributed by atoms with E-state index in [4.69, 9.17) is 14.6 Å². The smallest absolute Gasteiger partial charge is 0.341 e. The second-order valence-corrected chi connectivity index (χ2v) is 8.56. The molecule has 2 N–H and O–H groups in total. The van der Waals surface area contributed by atoms with Crippen molar-refractivity contribution in [2.24, 2.45) is 5.92 Å². The van der Waals surface area contributed by atoms with Gasteiger partial charge in [-0.15, -0.1) is 0 Å². The number of hydrogen-bond acceptors (Lipinski definition) is 5. The van der Waals surface area contributed by atoms with Gasteiger partial charge in [-0.25, -0.2) is 4.79 Å². The van der Waals surface area contributed by atoms with Crippen molar-refractivity contribution in [3.63, 3.8) is 0 Å². The number of hydrogen-bond donors (Lipinski definition) is 2. The van der Waals surface area contributed by atoms with Crippen LogP contribution in [-0.2, 0) is 22.6 Å². The number of carbonyl (C=O) groups is 2. The highest BCUT2D eigenvalue weighted by atomic mass is 16.5. The Morgan fingerprint density at radius 1 is 1.15 bits per heavy atom. The topological polar surface area (TPSA) is 88.1 Å². The fourth-order valence-electron chi connectivity index (χ4n) is 4.52. The number of fused-ring (bicyclic) bond motifs is 2. The van der Waals surface area contributed by atoms with Crippen LogP contribution in [0.25, 0.3) is 0 Å². The first-order chi connectivity index (χ1) is 16.1. The minimum absolute atomic E-state index is 0.0158. The van der Waals surface area contributed by atoms with Crippen LogP contribution in [0.2, 0.25) is 0 Å². The molecule has 1 fully saturated rings. The SMILES string of the molecule is O=C(O)COc1ccccc1CN1CC[C@H]2NC(=O)COc3ccccc3C/C=C/C[C@H]2C1. The molecule has 1 amide bonds. The van der Waals surface area contributed by atoms with Crippen molar-refractivity contribution < 1.29 is 24.2 Å². The lowest BCUT2D eigenvalue weighted by atomic mass is 9.88. The van der Waals surface area contributed by atoms with Crippen molar-refractivity contribution >= 4 is 11.9 Å². The van der Waals surface area contributed by atoms with E-state index in [1.54, 1.807) is 0 Å². The average Bonchev–Trinajstić information content (AvgIpc) is 2.81. The Balaban J connectivity index is 1.44. The van der Waals surface area contributed by atoms with Crippen molar-refractivity contribution in [2.45, 2.75) is 31.8 Å². The Hall–Kier alpha value is -3.32. The van der Waals surface area contributed by atoms with Crippen LogP contribution in [0.3, 0.4) is 0 Å². The number of carboxylic acid groups (broad SMARTS) is 1. The lowest BCUT2D eigenvalue weighted by molar-refractivity contribution is -0.139. The molecule has 7 nitrogen and oxygen atoms in total. The van der Waals surface area contributed by atoms with Crippen LogP contribution < -0.4 is 14.8 Å². The number of nitrogens with one attached hydrogen (secondary N) is 1. The number of benzene rings is 2. The molecular formula is C26H30N2O5. The summed E-state index contributed by atoms with van der Waals surface area (Å²) < 4.78 is 11.3. The molecule has 7 heteroatoms. The number of aliphatic carboxylic acids is 1. The molecule has 2 heterocycles. The maximum Gasteiger partial charge on any atom is 0.341 e. The standard InChI is InChI=1S/C26H30N2O5/c29-25-17-32-23-11-5-3-8-19(23)7-1-2-9-20-15-28(14-13-22(20)27-25)16-21-10-4-6-12-24(21)33-18-26(30)31/h1-6,8,10-12,20,22H,7,9,13-18H2,(H,27,29)(H,30,31)/b2-1+/t20-,22+/m0/s1. The van der Waals surface area contributed by atoms with E-state index in [1.165, 1.54) is 0 Å². The zero-order valence-corrected chi connectivity index (χ0v) is 18.6. The predicted molar refractivity (Wildman–Crippen MR) is 124 cm³/mol. The minimum Gasteiger partial charge on any atom is -0.483 e. The highest BCUT2D eigenvalue weighted by molar-refractivity contribution is 5.78. The Morgan fingerprint density at radius 3 is 2.85 bits per heavy atom. The van der Waals surface area contributed by atoms with Crippen molar-refractivity contribution in [1.29, 1.82) is 0 Å². The first-order valence-corrected chi connectivity index (χ1v) is 11.4. The molecule has 2 atom stereocenters.